The molecule has 1 aromatic carbocycles. The highest BCUT2D eigenvalue weighted by Gasteiger charge is 2.11. The summed E-state index contributed by atoms with van der Waals surface area (Å²) in [7, 11) is 0. The topological polar surface area (TPSA) is 80.0 Å². The van der Waals surface area contributed by atoms with Crippen LogP contribution in [-0.2, 0) is 4.79 Å². The molecule has 0 aliphatic heterocycles. The average molecular weight is 433 g/mol. The van der Waals surface area contributed by atoms with Crippen LogP contribution in [-0.4, -0.2) is 21.0 Å². The van der Waals surface area contributed by atoms with Crippen LogP contribution in [0.25, 0.3) is 22.6 Å². The van der Waals surface area contributed by atoms with Crippen LogP contribution in [0.1, 0.15) is 20.3 Å². The molecule has 0 fully saturated rings. The summed E-state index contributed by atoms with van der Waals surface area (Å²) in [6, 6.07) is 7.32. The van der Waals surface area contributed by atoms with Crippen molar-refractivity contribution in [3.63, 3.8) is 0 Å². The number of hydrogen-bond donors (Lipinski definition) is 2. The molecule has 3 rings (SSSR count). The molecule has 0 bridgehead atoms. The summed E-state index contributed by atoms with van der Waals surface area (Å²) >= 11 is 8.57. The van der Waals surface area contributed by atoms with Gasteiger partial charge in [-0.1, -0.05) is 13.8 Å². The summed E-state index contributed by atoms with van der Waals surface area (Å²) in [5.74, 6) is 0.651. The van der Waals surface area contributed by atoms with Gasteiger partial charge in [-0.2, -0.15) is 0 Å². The van der Waals surface area contributed by atoms with Crippen LogP contribution >= 0.6 is 28.1 Å². The molecule has 6 nitrogen and oxygen atoms in total. The van der Waals surface area contributed by atoms with Crippen LogP contribution < -0.4 is 10.6 Å². The van der Waals surface area contributed by atoms with E-state index in [1.54, 1.807) is 18.5 Å². The van der Waals surface area contributed by atoms with E-state index in [-0.39, 0.29) is 16.9 Å². The maximum Gasteiger partial charge on any atom is 0.228 e. The number of thiocarbonyl (C=S) groups is 1. The number of nitrogens with one attached hydrogen (secondary N) is 2. The molecular formula is C18H17BrN4O2S. The van der Waals surface area contributed by atoms with Crippen molar-refractivity contribution in [2.45, 2.75) is 20.3 Å². The minimum atomic E-state index is -0.107. The first-order valence-electron chi connectivity index (χ1n) is 8.03. The number of hydrogen-bond acceptors (Lipinski definition) is 5. The fourth-order valence-corrected chi connectivity index (χ4v) is 2.96. The van der Waals surface area contributed by atoms with E-state index in [0.29, 0.717) is 23.4 Å². The molecule has 0 atom stereocenters. The Labute approximate surface area is 164 Å². The van der Waals surface area contributed by atoms with Crippen molar-refractivity contribution in [2.75, 3.05) is 5.32 Å². The quantitative estimate of drug-likeness (QED) is 0.590. The Balaban J connectivity index is 1.75. The van der Waals surface area contributed by atoms with Crippen molar-refractivity contribution >= 4 is 56.0 Å². The van der Waals surface area contributed by atoms with Crippen molar-refractivity contribution in [3.8, 4) is 11.5 Å². The molecule has 0 aliphatic rings. The fourth-order valence-electron chi connectivity index (χ4n) is 2.37. The molecule has 2 aromatic heterocycles. The number of benzene rings is 1. The van der Waals surface area contributed by atoms with Crippen LogP contribution in [0, 0.1) is 5.92 Å². The van der Waals surface area contributed by atoms with Crippen LogP contribution in [0.5, 0.6) is 0 Å². The zero-order valence-corrected chi connectivity index (χ0v) is 16.6. The van der Waals surface area contributed by atoms with E-state index >= 15 is 0 Å². The first-order chi connectivity index (χ1) is 12.4. The number of pyridine rings is 1. The first-order valence-corrected chi connectivity index (χ1v) is 9.23. The van der Waals surface area contributed by atoms with Gasteiger partial charge in [0.25, 0.3) is 0 Å². The lowest BCUT2D eigenvalue weighted by molar-refractivity contribution is -0.120. The highest BCUT2D eigenvalue weighted by Crippen LogP contribution is 2.27. The number of carbonyl (C=O) groups excluding carboxylic acids is 1. The number of halogens is 1. The Morgan fingerprint density at radius 1 is 1.31 bits per heavy atom. The van der Waals surface area contributed by atoms with Crippen molar-refractivity contribution < 1.29 is 9.21 Å². The molecule has 0 saturated heterocycles. The average Bonchev–Trinajstić information content (AvgIpc) is 2.97. The van der Waals surface area contributed by atoms with Crippen molar-refractivity contribution in [1.29, 1.82) is 0 Å². The second-order valence-corrected chi connectivity index (χ2v) is 7.52. The van der Waals surface area contributed by atoms with Gasteiger partial charge in [-0.05, 0) is 58.3 Å². The lowest BCUT2D eigenvalue weighted by Gasteiger charge is -2.10. The standard InChI is InChI=1S/C18H17BrN4O2S/c1-10(2)5-16(24)23-18(26)21-13-3-4-15-14(7-13)22-17(25-15)11-6-12(19)9-20-8-11/h3-4,6-10H,5H2,1-2H3,(H2,21,23,24,26). The van der Waals surface area contributed by atoms with Gasteiger partial charge in [0.05, 0.1) is 5.56 Å². The Morgan fingerprint density at radius 3 is 2.85 bits per heavy atom. The normalized spacial score (nSPS) is 10.9. The third-order valence-electron chi connectivity index (χ3n) is 3.44. The Bertz CT molecular complexity index is 971. The fraction of sp³-hybridized carbons (Fsp3) is 0.222. The van der Waals surface area contributed by atoms with Gasteiger partial charge in [-0.15, -0.1) is 0 Å². The lowest BCUT2D eigenvalue weighted by atomic mass is 10.1. The smallest absolute Gasteiger partial charge is 0.228 e. The predicted molar refractivity (Wildman–Crippen MR) is 109 cm³/mol. The molecular weight excluding hydrogens is 416 g/mol. The first kappa shape index (κ1) is 18.5. The number of aromatic nitrogens is 2. The number of oxazole rings is 1. The third-order valence-corrected chi connectivity index (χ3v) is 4.08. The molecule has 2 heterocycles. The summed E-state index contributed by atoms with van der Waals surface area (Å²) in [5.41, 5.74) is 2.84. The zero-order valence-electron chi connectivity index (χ0n) is 14.2. The van der Waals surface area contributed by atoms with E-state index in [0.717, 1.165) is 15.7 Å². The van der Waals surface area contributed by atoms with Gasteiger partial charge < -0.3 is 15.1 Å². The van der Waals surface area contributed by atoms with Gasteiger partial charge in [-0.3, -0.25) is 9.78 Å². The molecule has 1 amide bonds. The lowest BCUT2D eigenvalue weighted by Crippen LogP contribution is -2.34. The van der Waals surface area contributed by atoms with Gasteiger partial charge in [0.15, 0.2) is 10.7 Å². The molecule has 0 radical (unpaired) electrons. The minimum absolute atomic E-state index is 0.107. The maximum absolute atomic E-state index is 11.8. The summed E-state index contributed by atoms with van der Waals surface area (Å²) in [5, 5.41) is 5.92. The van der Waals surface area contributed by atoms with Crippen molar-refractivity contribution in [1.82, 2.24) is 15.3 Å². The Kier molecular flexibility index (Phi) is 5.63. The van der Waals surface area contributed by atoms with Crippen LogP contribution in [0.15, 0.2) is 45.5 Å². The number of amides is 1. The number of carbonyl (C=O) groups is 1. The highest BCUT2D eigenvalue weighted by molar-refractivity contribution is 9.10. The summed E-state index contributed by atoms with van der Waals surface area (Å²) in [4.78, 5) is 20.4. The van der Waals surface area contributed by atoms with E-state index in [4.69, 9.17) is 16.6 Å². The van der Waals surface area contributed by atoms with Crippen LogP contribution in [0.2, 0.25) is 0 Å². The molecule has 3 aromatic rings. The predicted octanol–water partition coefficient (Wildman–Crippen LogP) is 4.51. The number of fused-ring (bicyclic) bond motifs is 1. The largest absolute Gasteiger partial charge is 0.436 e. The van der Waals surface area contributed by atoms with Crippen LogP contribution in [0.4, 0.5) is 5.69 Å². The van der Waals surface area contributed by atoms with Crippen LogP contribution in [0.3, 0.4) is 0 Å². The van der Waals surface area contributed by atoms with Gasteiger partial charge in [0.1, 0.15) is 5.52 Å². The Morgan fingerprint density at radius 2 is 2.12 bits per heavy atom. The monoisotopic (exact) mass is 432 g/mol. The second-order valence-electron chi connectivity index (χ2n) is 6.19. The van der Waals surface area contributed by atoms with Crippen molar-refractivity contribution in [2.24, 2.45) is 5.92 Å². The Hall–Kier alpha value is -2.32. The SMILES string of the molecule is CC(C)CC(=O)NC(=S)Nc1ccc2oc(-c3cncc(Br)c3)nc2c1. The molecule has 0 unspecified atom stereocenters. The van der Waals surface area contributed by atoms with E-state index in [1.165, 1.54) is 0 Å². The number of nitrogens with zero attached hydrogens (tertiary/aromatic N) is 2. The summed E-state index contributed by atoms with van der Waals surface area (Å²) in [6.07, 6.45) is 3.81. The minimum Gasteiger partial charge on any atom is -0.436 e. The molecule has 134 valence electrons. The molecule has 2 N–H and O–H groups in total. The van der Waals surface area contributed by atoms with E-state index in [2.05, 4.69) is 36.5 Å². The summed E-state index contributed by atoms with van der Waals surface area (Å²) in [6.45, 7) is 3.96. The second kappa shape index (κ2) is 7.92. The number of rotatable bonds is 4. The van der Waals surface area contributed by atoms with Gasteiger partial charge in [-0.25, -0.2) is 4.98 Å². The molecule has 0 spiro atoms. The maximum atomic E-state index is 11.8. The van der Waals surface area contributed by atoms with E-state index in [1.807, 2.05) is 32.0 Å². The summed E-state index contributed by atoms with van der Waals surface area (Å²) < 4.78 is 6.62. The molecule has 8 heteroatoms. The highest BCUT2D eigenvalue weighted by atomic mass is 79.9. The van der Waals surface area contributed by atoms with Crippen molar-refractivity contribution in [3.05, 3.63) is 41.1 Å². The third kappa shape index (κ3) is 4.64. The van der Waals surface area contributed by atoms with Gasteiger partial charge in [0, 0.05) is 29.0 Å². The van der Waals surface area contributed by atoms with Gasteiger partial charge in [0.2, 0.25) is 11.8 Å². The van der Waals surface area contributed by atoms with E-state index < -0.39 is 0 Å². The molecule has 0 aliphatic carbocycles. The molecule has 26 heavy (non-hydrogen) atoms. The van der Waals surface area contributed by atoms with E-state index in [9.17, 15) is 4.79 Å². The number of anilines is 1. The zero-order chi connectivity index (χ0) is 18.7. The van der Waals surface area contributed by atoms with Gasteiger partial charge >= 0.3 is 0 Å². The molecule has 0 saturated carbocycles.